The molecule has 0 radical (unpaired) electrons. The Hall–Kier alpha value is -0.660. The van der Waals surface area contributed by atoms with Crippen molar-refractivity contribution in [2.45, 2.75) is 12.8 Å². The van der Waals surface area contributed by atoms with Crippen molar-refractivity contribution in [3.05, 3.63) is 0 Å². The van der Waals surface area contributed by atoms with Crippen LogP contribution in [0.25, 0.3) is 0 Å². The van der Waals surface area contributed by atoms with Crippen LogP contribution in [0.4, 0.5) is 0 Å². The number of rotatable bonds is 2. The predicted molar refractivity (Wildman–Crippen MR) is 49.4 cm³/mol. The molecular formula is C7H14N2O4S. The first-order valence-electron chi connectivity index (χ1n) is 4.31. The molecule has 82 valence electrons. The Morgan fingerprint density at radius 2 is 2.21 bits per heavy atom. The van der Waals surface area contributed by atoms with Gasteiger partial charge in [-0.3, -0.25) is 4.79 Å². The lowest BCUT2D eigenvalue weighted by Gasteiger charge is -2.28. The second-order valence-electron chi connectivity index (χ2n) is 3.27. The molecule has 1 saturated heterocycles. The van der Waals surface area contributed by atoms with E-state index in [-0.39, 0.29) is 18.4 Å². The van der Waals surface area contributed by atoms with Gasteiger partial charge in [0.15, 0.2) is 0 Å². The summed E-state index contributed by atoms with van der Waals surface area (Å²) in [6.07, 6.45) is 1.29. The molecule has 1 unspecified atom stereocenters. The molecule has 1 heterocycles. The molecule has 0 amide bonds. The molecule has 1 rings (SSSR count). The third-order valence-electron chi connectivity index (χ3n) is 2.28. The minimum atomic E-state index is -3.67. The van der Waals surface area contributed by atoms with Crippen LogP contribution in [0.3, 0.4) is 0 Å². The van der Waals surface area contributed by atoms with E-state index in [2.05, 4.69) is 4.74 Å². The molecule has 1 aliphatic heterocycles. The van der Waals surface area contributed by atoms with E-state index in [1.165, 1.54) is 7.11 Å². The number of esters is 1. The monoisotopic (exact) mass is 222 g/mol. The molecule has 0 aromatic heterocycles. The van der Waals surface area contributed by atoms with Crippen molar-refractivity contribution in [3.8, 4) is 0 Å². The number of carbonyl (C=O) groups is 1. The summed E-state index contributed by atoms with van der Waals surface area (Å²) >= 11 is 0. The average molecular weight is 222 g/mol. The number of methoxy groups -OCH3 is 1. The maximum absolute atomic E-state index is 11.2. The maximum atomic E-state index is 11.2. The van der Waals surface area contributed by atoms with Crippen molar-refractivity contribution < 1.29 is 17.9 Å². The molecule has 1 fully saturated rings. The highest BCUT2D eigenvalue weighted by molar-refractivity contribution is 7.86. The quantitative estimate of drug-likeness (QED) is 0.611. The Kier molecular flexibility index (Phi) is 3.46. The summed E-state index contributed by atoms with van der Waals surface area (Å²) in [6, 6.07) is 0. The fourth-order valence-corrected chi connectivity index (χ4v) is 2.30. The van der Waals surface area contributed by atoms with Gasteiger partial charge in [0.25, 0.3) is 10.2 Å². The smallest absolute Gasteiger partial charge is 0.309 e. The van der Waals surface area contributed by atoms with Crippen molar-refractivity contribution in [1.29, 1.82) is 0 Å². The molecule has 2 N–H and O–H groups in total. The lowest BCUT2D eigenvalue weighted by molar-refractivity contribution is -0.146. The van der Waals surface area contributed by atoms with E-state index in [9.17, 15) is 13.2 Å². The molecule has 1 aliphatic rings. The lowest BCUT2D eigenvalue weighted by atomic mass is 10.0. The highest BCUT2D eigenvalue weighted by Gasteiger charge is 2.30. The molecule has 7 heteroatoms. The second-order valence-corrected chi connectivity index (χ2v) is 4.81. The Balaban J connectivity index is 2.65. The summed E-state index contributed by atoms with van der Waals surface area (Å²) in [6.45, 7) is 0.512. The zero-order valence-corrected chi connectivity index (χ0v) is 8.79. The van der Waals surface area contributed by atoms with Gasteiger partial charge in [-0.15, -0.1) is 0 Å². The van der Waals surface area contributed by atoms with E-state index < -0.39 is 10.2 Å². The van der Waals surface area contributed by atoms with E-state index in [1.807, 2.05) is 0 Å². The molecule has 0 aliphatic carbocycles. The van der Waals surface area contributed by atoms with Crippen LogP contribution in [0, 0.1) is 5.92 Å². The summed E-state index contributed by atoms with van der Waals surface area (Å²) in [4.78, 5) is 11.2. The van der Waals surface area contributed by atoms with Crippen LogP contribution >= 0.6 is 0 Å². The van der Waals surface area contributed by atoms with E-state index in [1.54, 1.807) is 0 Å². The summed E-state index contributed by atoms with van der Waals surface area (Å²) in [5, 5.41) is 4.96. The average Bonchev–Trinajstić information content (AvgIpc) is 2.15. The lowest BCUT2D eigenvalue weighted by Crippen LogP contribution is -2.45. The van der Waals surface area contributed by atoms with Crippen LogP contribution in [0.2, 0.25) is 0 Å². The number of hydrogen-bond acceptors (Lipinski definition) is 4. The van der Waals surface area contributed by atoms with E-state index >= 15 is 0 Å². The van der Waals surface area contributed by atoms with Crippen molar-refractivity contribution in [2.24, 2.45) is 11.1 Å². The Labute approximate surface area is 83.2 Å². The zero-order chi connectivity index (χ0) is 10.8. The van der Waals surface area contributed by atoms with E-state index in [0.717, 1.165) is 4.31 Å². The Morgan fingerprint density at radius 1 is 1.57 bits per heavy atom. The van der Waals surface area contributed by atoms with Gasteiger partial charge < -0.3 is 4.74 Å². The first kappa shape index (κ1) is 11.4. The maximum Gasteiger partial charge on any atom is 0.309 e. The Morgan fingerprint density at radius 3 is 2.71 bits per heavy atom. The second kappa shape index (κ2) is 4.24. The number of ether oxygens (including phenoxy) is 1. The molecule has 0 saturated carbocycles. The first-order chi connectivity index (χ1) is 6.45. The molecule has 0 aromatic rings. The van der Waals surface area contributed by atoms with Crippen LogP contribution in [-0.4, -0.2) is 38.9 Å². The summed E-state index contributed by atoms with van der Waals surface area (Å²) in [7, 11) is -2.39. The van der Waals surface area contributed by atoms with Gasteiger partial charge in [0, 0.05) is 13.1 Å². The van der Waals surface area contributed by atoms with E-state index in [4.69, 9.17) is 5.14 Å². The minimum Gasteiger partial charge on any atom is -0.469 e. The summed E-state index contributed by atoms with van der Waals surface area (Å²) in [5.41, 5.74) is 0. The molecular weight excluding hydrogens is 208 g/mol. The highest BCUT2D eigenvalue weighted by Crippen LogP contribution is 2.18. The number of piperidine rings is 1. The van der Waals surface area contributed by atoms with Gasteiger partial charge in [-0.2, -0.15) is 12.7 Å². The van der Waals surface area contributed by atoms with Gasteiger partial charge in [0.1, 0.15) is 0 Å². The molecule has 6 nitrogen and oxygen atoms in total. The molecule has 0 aromatic carbocycles. The van der Waals surface area contributed by atoms with Crippen molar-refractivity contribution in [2.75, 3.05) is 20.2 Å². The van der Waals surface area contributed by atoms with Gasteiger partial charge in [-0.25, -0.2) is 5.14 Å². The van der Waals surface area contributed by atoms with Crippen LogP contribution < -0.4 is 5.14 Å². The number of nitrogens with two attached hydrogens (primary N) is 1. The first-order valence-corrected chi connectivity index (χ1v) is 5.81. The third kappa shape index (κ3) is 2.66. The van der Waals surface area contributed by atoms with Crippen LogP contribution in [-0.2, 0) is 19.7 Å². The molecule has 1 atom stereocenters. The SMILES string of the molecule is COC(=O)C1CCCN(S(N)(=O)=O)C1. The van der Waals surface area contributed by atoms with Crippen LogP contribution in [0.1, 0.15) is 12.8 Å². The van der Waals surface area contributed by atoms with Crippen LogP contribution in [0.5, 0.6) is 0 Å². The molecule has 0 spiro atoms. The van der Waals surface area contributed by atoms with Gasteiger partial charge in [0.2, 0.25) is 0 Å². The zero-order valence-electron chi connectivity index (χ0n) is 7.97. The van der Waals surface area contributed by atoms with Gasteiger partial charge in [-0.1, -0.05) is 0 Å². The van der Waals surface area contributed by atoms with E-state index in [0.29, 0.717) is 19.4 Å². The van der Waals surface area contributed by atoms with Gasteiger partial charge >= 0.3 is 5.97 Å². The minimum absolute atomic E-state index is 0.130. The summed E-state index contributed by atoms with van der Waals surface area (Å²) < 4.78 is 27.6. The van der Waals surface area contributed by atoms with Crippen LogP contribution in [0.15, 0.2) is 0 Å². The largest absolute Gasteiger partial charge is 0.469 e. The number of carbonyl (C=O) groups excluding carboxylic acids is 1. The normalized spacial score (nSPS) is 24.6. The standard InChI is InChI=1S/C7H14N2O4S/c1-13-7(10)6-3-2-4-9(5-6)14(8,11)12/h6H,2-5H2,1H3,(H2,8,11,12). The molecule has 14 heavy (non-hydrogen) atoms. The predicted octanol–water partition coefficient (Wildman–Crippen LogP) is -0.925. The van der Waals surface area contributed by atoms with Crippen molar-refractivity contribution in [3.63, 3.8) is 0 Å². The van der Waals surface area contributed by atoms with Gasteiger partial charge in [-0.05, 0) is 12.8 Å². The molecule has 0 bridgehead atoms. The topological polar surface area (TPSA) is 89.7 Å². The summed E-state index contributed by atoms with van der Waals surface area (Å²) in [5.74, 6) is -0.759. The number of nitrogens with zero attached hydrogens (tertiary/aromatic N) is 1. The highest BCUT2D eigenvalue weighted by atomic mass is 32.2. The third-order valence-corrected chi connectivity index (χ3v) is 3.33. The fourth-order valence-electron chi connectivity index (χ4n) is 1.53. The Bertz CT molecular complexity index is 314. The van der Waals surface area contributed by atoms with Crippen molar-refractivity contribution >= 4 is 16.2 Å². The van der Waals surface area contributed by atoms with Gasteiger partial charge in [0.05, 0.1) is 13.0 Å². The number of hydrogen-bond donors (Lipinski definition) is 1. The fraction of sp³-hybridized carbons (Fsp3) is 0.857. The van der Waals surface area contributed by atoms with Crippen molar-refractivity contribution in [1.82, 2.24) is 4.31 Å².